The van der Waals surface area contributed by atoms with Crippen molar-refractivity contribution >= 4 is 35.8 Å². The van der Waals surface area contributed by atoms with Gasteiger partial charge in [0.05, 0.1) is 5.69 Å². The van der Waals surface area contributed by atoms with Gasteiger partial charge in [0.1, 0.15) is 11.2 Å². The summed E-state index contributed by atoms with van der Waals surface area (Å²) in [6.07, 6.45) is 2.02. The van der Waals surface area contributed by atoms with E-state index < -0.39 is 19.1 Å². The van der Waals surface area contributed by atoms with E-state index in [1.807, 2.05) is 24.3 Å². The molecule has 1 N–H and O–H groups in total. The smallest absolute Gasteiger partial charge is 0.250 e. The second-order valence-electron chi connectivity index (χ2n) is 9.40. The fraction of sp³-hybridized carbons (Fsp3) is 0.476. The maximum Gasteiger partial charge on any atom is 0.250 e. The van der Waals surface area contributed by atoms with Gasteiger partial charge in [-0.2, -0.15) is 0 Å². The topological polar surface area (TPSA) is 38.3 Å². The van der Waals surface area contributed by atoms with E-state index in [1.165, 1.54) is 0 Å². The van der Waals surface area contributed by atoms with Crippen LogP contribution in [0.15, 0.2) is 46.7 Å². The fourth-order valence-electron chi connectivity index (χ4n) is 3.61. The average molecular weight is 434 g/mol. The Morgan fingerprint density at radius 1 is 1.23 bits per heavy atom. The molecule has 0 unspecified atom stereocenters. The molecule has 1 atom stereocenters. The zero-order valence-corrected chi connectivity index (χ0v) is 19.3. The Kier molecular flexibility index (Phi) is 4.17. The number of fused-ring (bicyclic) bond motifs is 2. The summed E-state index contributed by atoms with van der Waals surface area (Å²) in [5, 5.41) is 3.15. The molecular formula is C21H28BrNO2Si. The summed E-state index contributed by atoms with van der Waals surface area (Å²) in [6.45, 7) is 19.6. The zero-order valence-electron chi connectivity index (χ0n) is 16.7. The highest BCUT2D eigenvalue weighted by atomic mass is 79.9. The maximum atomic E-state index is 13.2. The Labute approximate surface area is 166 Å². The van der Waals surface area contributed by atoms with Crippen LogP contribution in [0.3, 0.4) is 0 Å². The van der Waals surface area contributed by atoms with E-state index in [2.05, 4.69) is 75.5 Å². The standard InChI is InChI=1S/C21H28BrNO2Si/c1-13-16(25-26(7,8)19(2,3)4)12-21(20(13,5)6)14-10-9-11-15(22)17(14)23-18(21)24/h9-12H,1H2,2-8H3,(H,23,24)/t21-/m0/s1. The van der Waals surface area contributed by atoms with Gasteiger partial charge in [0, 0.05) is 9.89 Å². The first-order valence-electron chi connectivity index (χ1n) is 8.98. The molecule has 0 saturated carbocycles. The molecule has 0 aromatic heterocycles. The summed E-state index contributed by atoms with van der Waals surface area (Å²) in [4.78, 5) is 13.2. The molecule has 1 spiro atoms. The molecule has 0 fully saturated rings. The van der Waals surface area contributed by atoms with E-state index in [-0.39, 0.29) is 10.9 Å². The summed E-state index contributed by atoms with van der Waals surface area (Å²) < 4.78 is 7.50. The maximum absolute atomic E-state index is 13.2. The first-order valence-corrected chi connectivity index (χ1v) is 12.7. The fourth-order valence-corrected chi connectivity index (χ4v) is 5.11. The predicted molar refractivity (Wildman–Crippen MR) is 114 cm³/mol. The molecule has 140 valence electrons. The van der Waals surface area contributed by atoms with E-state index in [1.54, 1.807) is 0 Å². The number of hydrogen-bond acceptors (Lipinski definition) is 2. The van der Waals surface area contributed by atoms with Gasteiger partial charge in [-0.3, -0.25) is 4.79 Å². The van der Waals surface area contributed by atoms with Crippen LogP contribution in [0, 0.1) is 5.41 Å². The normalized spacial score (nSPS) is 24.5. The molecule has 3 rings (SSSR count). The molecule has 1 aliphatic heterocycles. The Hall–Kier alpha value is -1.33. The SMILES string of the molecule is C=C1C(O[Si](C)(C)C(C)(C)C)=C[C@]2(C(=O)Nc3c(Br)cccc32)C1(C)C. The molecule has 1 aliphatic carbocycles. The highest BCUT2D eigenvalue weighted by molar-refractivity contribution is 9.10. The van der Waals surface area contributed by atoms with Crippen LogP contribution < -0.4 is 5.32 Å². The first-order chi connectivity index (χ1) is 11.8. The van der Waals surface area contributed by atoms with E-state index >= 15 is 0 Å². The van der Waals surface area contributed by atoms with Crippen LogP contribution in [0.5, 0.6) is 0 Å². The number of amides is 1. The van der Waals surface area contributed by atoms with Crippen LogP contribution in [0.2, 0.25) is 18.1 Å². The summed E-state index contributed by atoms with van der Waals surface area (Å²) in [7, 11) is -2.04. The molecule has 0 bridgehead atoms. The summed E-state index contributed by atoms with van der Waals surface area (Å²) in [5.41, 5.74) is 1.46. The largest absolute Gasteiger partial charge is 0.543 e. The number of hydrogen-bond donors (Lipinski definition) is 1. The minimum atomic E-state index is -2.04. The minimum absolute atomic E-state index is 0.0145. The van der Waals surface area contributed by atoms with Gasteiger partial charge in [-0.15, -0.1) is 0 Å². The lowest BCUT2D eigenvalue weighted by atomic mass is 9.63. The Bertz CT molecular complexity index is 848. The van der Waals surface area contributed by atoms with E-state index in [0.717, 1.165) is 27.1 Å². The number of anilines is 1. The lowest BCUT2D eigenvalue weighted by Crippen LogP contribution is -2.43. The van der Waals surface area contributed by atoms with Crippen molar-refractivity contribution in [3.63, 3.8) is 0 Å². The molecule has 1 heterocycles. The van der Waals surface area contributed by atoms with Crippen molar-refractivity contribution in [2.24, 2.45) is 5.41 Å². The molecule has 1 aromatic rings. The number of benzene rings is 1. The van der Waals surface area contributed by atoms with Crippen molar-refractivity contribution in [2.75, 3.05) is 5.32 Å². The van der Waals surface area contributed by atoms with E-state index in [0.29, 0.717) is 0 Å². The number of rotatable bonds is 2. The number of carbonyl (C=O) groups is 1. The number of para-hydroxylation sites is 1. The van der Waals surface area contributed by atoms with Gasteiger partial charge < -0.3 is 9.74 Å². The third-order valence-corrected chi connectivity index (χ3v) is 11.6. The molecule has 0 saturated heterocycles. The highest BCUT2D eigenvalue weighted by Gasteiger charge is 2.61. The molecule has 3 nitrogen and oxygen atoms in total. The molecule has 0 radical (unpaired) electrons. The Morgan fingerprint density at radius 3 is 2.42 bits per heavy atom. The van der Waals surface area contributed by atoms with Crippen LogP contribution >= 0.6 is 15.9 Å². The van der Waals surface area contributed by atoms with Crippen molar-refractivity contribution in [1.29, 1.82) is 0 Å². The van der Waals surface area contributed by atoms with Crippen LogP contribution in [0.4, 0.5) is 5.69 Å². The molecule has 1 amide bonds. The third kappa shape index (κ3) is 2.39. The van der Waals surface area contributed by atoms with Gasteiger partial charge in [0.25, 0.3) is 0 Å². The third-order valence-electron chi connectivity index (χ3n) is 6.59. The lowest BCUT2D eigenvalue weighted by Gasteiger charge is -2.38. The van der Waals surface area contributed by atoms with Gasteiger partial charge in [-0.05, 0) is 57.3 Å². The summed E-state index contributed by atoms with van der Waals surface area (Å²) in [5.74, 6) is 0.768. The lowest BCUT2D eigenvalue weighted by molar-refractivity contribution is -0.121. The Morgan fingerprint density at radius 2 is 1.85 bits per heavy atom. The van der Waals surface area contributed by atoms with Crippen molar-refractivity contribution in [2.45, 2.75) is 58.2 Å². The van der Waals surface area contributed by atoms with Crippen molar-refractivity contribution in [1.82, 2.24) is 0 Å². The van der Waals surface area contributed by atoms with Crippen LogP contribution in [-0.2, 0) is 14.6 Å². The van der Waals surface area contributed by atoms with Gasteiger partial charge in [0.15, 0.2) is 0 Å². The first kappa shape index (κ1) is 19.4. The van der Waals surface area contributed by atoms with Gasteiger partial charge in [0.2, 0.25) is 14.2 Å². The molecule has 1 aromatic carbocycles. The molecular weight excluding hydrogens is 406 g/mol. The predicted octanol–water partition coefficient (Wildman–Crippen LogP) is 6.14. The number of halogens is 1. The molecule has 2 aliphatic rings. The summed E-state index contributed by atoms with van der Waals surface area (Å²) in [6, 6.07) is 5.95. The quantitative estimate of drug-likeness (QED) is 0.568. The molecule has 5 heteroatoms. The van der Waals surface area contributed by atoms with Crippen LogP contribution in [0.25, 0.3) is 0 Å². The number of carbonyl (C=O) groups excluding carboxylic acids is 1. The van der Waals surface area contributed by atoms with Crippen LogP contribution in [0.1, 0.15) is 40.2 Å². The second-order valence-corrected chi connectivity index (χ2v) is 15.0. The van der Waals surface area contributed by atoms with Crippen molar-refractivity contribution < 1.29 is 9.22 Å². The number of allylic oxidation sites excluding steroid dienone is 1. The van der Waals surface area contributed by atoms with E-state index in [9.17, 15) is 4.79 Å². The monoisotopic (exact) mass is 433 g/mol. The Balaban J connectivity index is 2.18. The zero-order chi connectivity index (χ0) is 19.7. The summed E-state index contributed by atoms with van der Waals surface area (Å²) >= 11 is 3.57. The van der Waals surface area contributed by atoms with Crippen molar-refractivity contribution in [3.8, 4) is 0 Å². The van der Waals surface area contributed by atoms with Gasteiger partial charge in [-0.1, -0.05) is 53.3 Å². The van der Waals surface area contributed by atoms with Crippen LogP contribution in [-0.4, -0.2) is 14.2 Å². The van der Waals surface area contributed by atoms with Gasteiger partial charge in [-0.25, -0.2) is 0 Å². The molecule has 26 heavy (non-hydrogen) atoms. The van der Waals surface area contributed by atoms with E-state index in [4.69, 9.17) is 4.43 Å². The highest BCUT2D eigenvalue weighted by Crippen LogP contribution is 2.61. The van der Waals surface area contributed by atoms with Crippen molar-refractivity contribution in [3.05, 3.63) is 52.2 Å². The second kappa shape index (κ2) is 5.58. The van der Waals surface area contributed by atoms with Gasteiger partial charge >= 0.3 is 0 Å². The number of nitrogens with one attached hydrogen (secondary N) is 1. The average Bonchev–Trinajstić information content (AvgIpc) is 2.89. The minimum Gasteiger partial charge on any atom is -0.543 e.